The van der Waals surface area contributed by atoms with E-state index in [-0.39, 0.29) is 41.2 Å². The Hall–Kier alpha value is -13.6. The van der Waals surface area contributed by atoms with Crippen molar-refractivity contribution in [2.75, 3.05) is 129 Å². The number of amides is 9. The summed E-state index contributed by atoms with van der Waals surface area (Å²) >= 11 is 0. The van der Waals surface area contributed by atoms with Crippen LogP contribution in [0.25, 0.3) is 43.1 Å². The number of fused-ring (bicyclic) bond motifs is 4. The number of anilines is 12. The van der Waals surface area contributed by atoms with Crippen LogP contribution in [0.4, 0.5) is 89.0 Å². The Labute approximate surface area is 672 Å². The van der Waals surface area contributed by atoms with Crippen molar-refractivity contribution >= 4 is 169 Å². The molecule has 116 heavy (non-hydrogen) atoms. The number of sulfone groups is 1. The number of rotatable bonds is 28. The summed E-state index contributed by atoms with van der Waals surface area (Å²) in [4.78, 5) is 108. The number of sulfonamides is 1. The van der Waals surface area contributed by atoms with Crippen LogP contribution in [-0.2, 0) is 29.4 Å². The van der Waals surface area contributed by atoms with Gasteiger partial charge in [0.15, 0.2) is 0 Å². The smallest absolute Gasteiger partial charge is 0.326 e. The van der Waals surface area contributed by atoms with Gasteiger partial charge < -0.3 is 52.2 Å². The van der Waals surface area contributed by atoms with E-state index in [0.717, 1.165) is 61.5 Å². The number of hydrogen-bond acceptors (Lipinski definition) is 22. The van der Waals surface area contributed by atoms with Gasteiger partial charge in [-0.25, -0.2) is 60.7 Å². The third-order valence-corrected chi connectivity index (χ3v) is 18.3. The lowest BCUT2D eigenvalue weighted by Gasteiger charge is -2.12. The summed E-state index contributed by atoms with van der Waals surface area (Å²) in [5, 5.41) is 42.6. The second kappa shape index (κ2) is 42.3. The van der Waals surface area contributed by atoms with Gasteiger partial charge in [-0.1, -0.05) is 121 Å². The van der Waals surface area contributed by atoms with Crippen molar-refractivity contribution in [1.29, 1.82) is 0 Å². The molecule has 9 amide bonds. The summed E-state index contributed by atoms with van der Waals surface area (Å²) in [6, 6.07) is 59.6. The molecule has 12 rings (SSSR count). The molecule has 34 heteroatoms. The maximum Gasteiger partial charge on any atom is 0.326 e. The molecule has 0 radical (unpaired) electrons. The number of aromatic nitrogens is 8. The lowest BCUT2D eigenvalue weighted by Crippen LogP contribution is -2.24. The van der Waals surface area contributed by atoms with Crippen molar-refractivity contribution < 1.29 is 45.6 Å². The molecule has 4 heterocycles. The van der Waals surface area contributed by atoms with E-state index >= 15 is 0 Å². The van der Waals surface area contributed by atoms with Gasteiger partial charge in [0.05, 0.1) is 12.0 Å². The van der Waals surface area contributed by atoms with Gasteiger partial charge in [0.1, 0.15) is 38.9 Å². The molecular weight excluding hydrogens is 1520 g/mol. The van der Waals surface area contributed by atoms with Crippen LogP contribution in [0, 0.1) is 27.7 Å². The second-order valence-corrected chi connectivity index (χ2v) is 31.1. The average molecular weight is 1610 g/mol. The third kappa shape index (κ3) is 30.5. The van der Waals surface area contributed by atoms with Gasteiger partial charge in [0.25, 0.3) is 0 Å². The van der Waals surface area contributed by atoms with Gasteiger partial charge in [-0.15, -0.1) is 0 Å². The standard InChI is InChI=1S/C21H24N6O2.C21H23N5O2.C20H24N6O3S.C20H23N5O3S/c1-14-12-18(22-11-10-19(28)27(2)3)25-20(23-14)26-21(29)24-17-9-8-15-6-4-5-7-16(15)13-17;1-14-12-19(22-11-5-6-15(2)27)25-20(23-14)26-21(28)24-18-10-9-16-7-3-4-8-17(16)13-18;1-14-12-18(21-10-5-11-22-30(2,28)29)25-19(23-14)26-20(27)24-17-9-8-15-6-3-4-7-16(15)13-17;1-14-12-18(21-10-5-11-29(2,27)28)24-19(22-14)25-20(26)23-17-9-8-15-6-3-4-7-16(15)13-17/h4-9,12-13H,10-11H2,1-3H3,(H3,22,23,24,25,26,29);3-4,7-10,12-13H,5-6,11H2,1-2H3,(H3,22,23,24,25,26,28);3-4,6-9,12-13,22H,5,10-11H2,1-2H3,(H3,21,23,24,25,26,27);3-4,6-9,12-13H,5,10-11H2,1-2H3,(H3,21,22,23,24,25,26). The number of carbonyl (C=O) groups is 6. The highest BCUT2D eigenvalue weighted by atomic mass is 32.2. The van der Waals surface area contributed by atoms with Crippen molar-refractivity contribution in [2.45, 2.75) is 66.7 Å². The van der Waals surface area contributed by atoms with Gasteiger partial charge in [-0.2, -0.15) is 19.9 Å². The van der Waals surface area contributed by atoms with Gasteiger partial charge in [0.2, 0.25) is 39.7 Å². The summed E-state index contributed by atoms with van der Waals surface area (Å²) in [6.07, 6.45) is 4.97. The molecule has 32 nitrogen and oxygen atoms in total. The third-order valence-electron chi connectivity index (χ3n) is 16.5. The van der Waals surface area contributed by atoms with E-state index in [1.807, 2.05) is 184 Å². The zero-order chi connectivity index (χ0) is 83.2. The molecule has 0 fully saturated rings. The molecule has 0 spiro atoms. The van der Waals surface area contributed by atoms with Gasteiger partial charge in [-0.3, -0.25) is 26.1 Å². The Balaban J connectivity index is 0.000000177. The largest absolute Gasteiger partial charge is 0.370 e. The van der Waals surface area contributed by atoms with Crippen molar-refractivity contribution in [1.82, 2.24) is 49.5 Å². The summed E-state index contributed by atoms with van der Waals surface area (Å²) in [5.41, 5.74) is 5.46. The van der Waals surface area contributed by atoms with Crippen molar-refractivity contribution in [3.63, 3.8) is 0 Å². The van der Waals surface area contributed by atoms with E-state index in [1.54, 1.807) is 59.1 Å². The number of urea groups is 4. The molecule has 13 N–H and O–H groups in total. The fraction of sp³-hybridized carbons (Fsp3) is 0.244. The summed E-state index contributed by atoms with van der Waals surface area (Å²) in [5.74, 6) is 3.24. The number of aryl methyl sites for hydroxylation is 4. The fourth-order valence-electron chi connectivity index (χ4n) is 11.2. The normalized spacial score (nSPS) is 10.9. The molecule has 0 aliphatic carbocycles. The highest BCUT2D eigenvalue weighted by Gasteiger charge is 2.15. The molecule has 4 aromatic heterocycles. The highest BCUT2D eigenvalue weighted by Crippen LogP contribution is 2.25. The lowest BCUT2D eigenvalue weighted by molar-refractivity contribution is -0.128. The van der Waals surface area contributed by atoms with Crippen LogP contribution in [0.2, 0.25) is 0 Å². The first-order chi connectivity index (χ1) is 55.5. The van der Waals surface area contributed by atoms with Gasteiger partial charge in [-0.05, 0) is 146 Å². The topological polar surface area (TPSA) is 433 Å². The van der Waals surface area contributed by atoms with E-state index < -0.39 is 44.0 Å². The zero-order valence-corrected chi connectivity index (χ0v) is 67.3. The Kier molecular flexibility index (Phi) is 31.5. The Morgan fingerprint density at radius 2 is 0.612 bits per heavy atom. The maximum absolute atomic E-state index is 12.3. The minimum absolute atomic E-state index is 0.0244. The van der Waals surface area contributed by atoms with E-state index in [0.29, 0.717) is 122 Å². The first-order valence-electron chi connectivity index (χ1n) is 36.9. The summed E-state index contributed by atoms with van der Waals surface area (Å²) < 4.78 is 46.9. The Bertz CT molecular complexity index is 5710. The molecule has 0 aliphatic heterocycles. The van der Waals surface area contributed by atoms with E-state index in [1.165, 1.54) is 11.2 Å². The zero-order valence-electron chi connectivity index (χ0n) is 65.7. The fourth-order valence-corrected chi connectivity index (χ4v) is 12.4. The Morgan fingerprint density at radius 3 is 0.897 bits per heavy atom. The molecule has 8 aromatic carbocycles. The van der Waals surface area contributed by atoms with Crippen LogP contribution >= 0.6 is 0 Å². The van der Waals surface area contributed by atoms with Crippen LogP contribution in [0.15, 0.2) is 194 Å². The van der Waals surface area contributed by atoms with Crippen LogP contribution in [0.3, 0.4) is 0 Å². The first-order valence-corrected chi connectivity index (χ1v) is 40.9. The van der Waals surface area contributed by atoms with Crippen molar-refractivity contribution in [2.24, 2.45) is 0 Å². The quantitative estimate of drug-likeness (QED) is 0.0203. The predicted octanol–water partition coefficient (Wildman–Crippen LogP) is 14.2. The SMILES string of the molecule is CC(=O)CCCNc1cc(C)nc(NC(=O)Nc2ccc3ccccc3c2)n1.Cc1cc(NCCC(=O)N(C)C)nc(NC(=O)Nc2ccc3ccccc3c2)n1.Cc1cc(NCCCNS(C)(=O)=O)nc(NC(=O)Nc2ccc3ccccc3c2)n1.Cc1cc(NCCCS(C)(=O)=O)nc(NC(=O)Nc2ccc3ccccc3c2)n1. The number of nitrogens with one attached hydrogen (secondary N) is 13. The average Bonchev–Trinajstić information content (AvgIpc) is 0.842. The van der Waals surface area contributed by atoms with Crippen LogP contribution in [-0.4, -0.2) is 163 Å². The summed E-state index contributed by atoms with van der Waals surface area (Å²) in [7, 11) is -2.75. The molecular formula is C82H94N22O10S2. The van der Waals surface area contributed by atoms with Crippen LogP contribution in [0.5, 0.6) is 0 Å². The van der Waals surface area contributed by atoms with E-state index in [2.05, 4.69) is 108 Å². The highest BCUT2D eigenvalue weighted by molar-refractivity contribution is 7.90. The molecule has 0 unspecified atom stereocenters. The van der Waals surface area contributed by atoms with Crippen molar-refractivity contribution in [3.8, 4) is 0 Å². The molecule has 0 saturated heterocycles. The molecule has 0 saturated carbocycles. The number of nitrogens with zero attached hydrogens (tertiary/aromatic N) is 9. The lowest BCUT2D eigenvalue weighted by atomic mass is 10.1. The number of hydrogen-bond donors (Lipinski definition) is 13. The number of benzene rings is 8. The molecule has 12 aromatic rings. The minimum atomic E-state index is -3.19. The number of carbonyl (C=O) groups excluding carboxylic acids is 6. The van der Waals surface area contributed by atoms with E-state index in [4.69, 9.17) is 0 Å². The maximum atomic E-state index is 12.3. The molecule has 0 aliphatic rings. The number of ketones is 1. The van der Waals surface area contributed by atoms with Gasteiger partial charge >= 0.3 is 24.1 Å². The van der Waals surface area contributed by atoms with Crippen LogP contribution in [0.1, 0.15) is 61.8 Å². The minimum Gasteiger partial charge on any atom is -0.370 e. The Morgan fingerprint density at radius 1 is 0.328 bits per heavy atom. The van der Waals surface area contributed by atoms with Gasteiger partial charge in [0, 0.05) is 136 Å². The second-order valence-electron chi connectivity index (χ2n) is 27.0. The first kappa shape index (κ1) is 86.4. The molecule has 0 bridgehead atoms. The van der Waals surface area contributed by atoms with Crippen LogP contribution < -0.4 is 68.5 Å². The summed E-state index contributed by atoms with van der Waals surface area (Å²) in [6.45, 7) is 11.2. The molecule has 0 atom stereocenters. The van der Waals surface area contributed by atoms with E-state index in [9.17, 15) is 45.6 Å². The molecule has 604 valence electrons. The monoisotopic (exact) mass is 1610 g/mol. The predicted molar refractivity (Wildman–Crippen MR) is 462 cm³/mol. The van der Waals surface area contributed by atoms with Crippen molar-refractivity contribution in [3.05, 3.63) is 217 Å². The number of Topliss-reactive ketones (excluding diaryl/α,β-unsaturated/α-hetero) is 1.